The molecule has 3 amide bonds. The normalized spacial score (nSPS) is 11.8. The maximum Gasteiger partial charge on any atom is 0.318 e. The molecule has 0 spiro atoms. The molecule has 1 aromatic rings. The van der Waals surface area contributed by atoms with E-state index in [0.717, 1.165) is 4.90 Å². The number of rotatable bonds is 3. The summed E-state index contributed by atoms with van der Waals surface area (Å²) >= 11 is 1.26. The van der Waals surface area contributed by atoms with Crippen LogP contribution in [-0.4, -0.2) is 22.2 Å². The van der Waals surface area contributed by atoms with Gasteiger partial charge in [-0.1, -0.05) is 0 Å². The average Bonchev–Trinajstić information content (AvgIpc) is 2.20. The van der Waals surface area contributed by atoms with E-state index in [1.165, 1.54) is 11.8 Å². The van der Waals surface area contributed by atoms with Crippen LogP contribution in [0.3, 0.4) is 0 Å². The maximum atomic E-state index is 11.3. The number of urea groups is 1. The van der Waals surface area contributed by atoms with Crippen molar-refractivity contribution >= 4 is 29.5 Å². The average molecular weight is 240 g/mol. The third-order valence-electron chi connectivity index (χ3n) is 1.69. The number of nitrogens with zero attached hydrogens (tertiary/aromatic N) is 1. The van der Waals surface area contributed by atoms with Crippen molar-refractivity contribution in [2.75, 3.05) is 5.73 Å². The number of anilines is 1. The van der Waals surface area contributed by atoms with Gasteiger partial charge in [0.25, 0.3) is 0 Å². The van der Waals surface area contributed by atoms with E-state index < -0.39 is 17.2 Å². The van der Waals surface area contributed by atoms with Crippen LogP contribution in [0.4, 0.5) is 10.6 Å². The van der Waals surface area contributed by atoms with Gasteiger partial charge in [0.2, 0.25) is 5.91 Å². The van der Waals surface area contributed by atoms with Crippen LogP contribution in [0.5, 0.6) is 0 Å². The van der Waals surface area contributed by atoms with Crippen molar-refractivity contribution < 1.29 is 9.59 Å². The lowest BCUT2D eigenvalue weighted by atomic mass is 10.4. The molecule has 1 atom stereocenters. The lowest BCUT2D eigenvalue weighted by Crippen LogP contribution is -2.39. The van der Waals surface area contributed by atoms with Gasteiger partial charge in [-0.25, -0.2) is 9.78 Å². The second-order valence-corrected chi connectivity index (χ2v) is 4.45. The highest BCUT2D eigenvalue weighted by molar-refractivity contribution is 8.00. The van der Waals surface area contributed by atoms with Crippen LogP contribution in [0, 0.1) is 0 Å². The Bertz CT molecular complexity index is 393. The minimum Gasteiger partial charge on any atom is -0.384 e. The van der Waals surface area contributed by atoms with Crippen LogP contribution in [0.2, 0.25) is 0 Å². The monoisotopic (exact) mass is 240 g/mol. The Labute approximate surface area is 96.8 Å². The number of hydrogen-bond acceptors (Lipinski definition) is 5. The topological polar surface area (TPSA) is 111 Å². The molecule has 1 aromatic heterocycles. The van der Waals surface area contributed by atoms with Gasteiger partial charge < -0.3 is 11.5 Å². The number of nitrogens with one attached hydrogen (secondary N) is 1. The molecule has 0 bridgehead atoms. The lowest BCUT2D eigenvalue weighted by Gasteiger charge is -2.09. The largest absolute Gasteiger partial charge is 0.384 e. The van der Waals surface area contributed by atoms with E-state index in [1.54, 1.807) is 25.3 Å². The number of carbonyl (C=O) groups excluding carboxylic acids is 2. The number of nitrogen functional groups attached to an aromatic ring is 1. The van der Waals surface area contributed by atoms with E-state index in [-0.39, 0.29) is 0 Å². The lowest BCUT2D eigenvalue weighted by molar-refractivity contribution is -0.119. The quantitative estimate of drug-likeness (QED) is 0.660. The van der Waals surface area contributed by atoms with Gasteiger partial charge in [0, 0.05) is 11.1 Å². The summed E-state index contributed by atoms with van der Waals surface area (Å²) < 4.78 is 0. The third-order valence-corrected chi connectivity index (χ3v) is 2.77. The molecule has 86 valence electrons. The molecule has 0 radical (unpaired) electrons. The molecule has 6 nitrogen and oxygen atoms in total. The number of thioether (sulfide) groups is 1. The van der Waals surface area contributed by atoms with Crippen molar-refractivity contribution in [3.8, 4) is 0 Å². The zero-order valence-corrected chi connectivity index (χ0v) is 9.45. The first-order valence-corrected chi connectivity index (χ1v) is 5.35. The van der Waals surface area contributed by atoms with Gasteiger partial charge in [-0.15, -0.1) is 11.8 Å². The molecule has 16 heavy (non-hydrogen) atoms. The number of carbonyl (C=O) groups is 2. The molecule has 1 unspecified atom stereocenters. The first-order chi connectivity index (χ1) is 7.49. The number of nitrogens with two attached hydrogens (primary N) is 2. The van der Waals surface area contributed by atoms with Crippen LogP contribution in [0.15, 0.2) is 23.2 Å². The molecule has 1 rings (SSSR count). The van der Waals surface area contributed by atoms with Crippen LogP contribution < -0.4 is 16.8 Å². The summed E-state index contributed by atoms with van der Waals surface area (Å²) in [6.07, 6.45) is 1.56. The van der Waals surface area contributed by atoms with Crippen LogP contribution in [0.25, 0.3) is 0 Å². The highest BCUT2D eigenvalue weighted by Crippen LogP contribution is 2.22. The van der Waals surface area contributed by atoms with Gasteiger partial charge in [-0.2, -0.15) is 0 Å². The fourth-order valence-electron chi connectivity index (χ4n) is 0.942. The van der Waals surface area contributed by atoms with Crippen molar-refractivity contribution in [2.24, 2.45) is 5.73 Å². The second-order valence-electron chi connectivity index (χ2n) is 3.03. The Morgan fingerprint density at radius 2 is 2.19 bits per heavy atom. The van der Waals surface area contributed by atoms with Crippen LogP contribution in [0.1, 0.15) is 6.92 Å². The molecule has 0 aromatic carbocycles. The summed E-state index contributed by atoms with van der Waals surface area (Å²) in [5.74, 6) is -0.0204. The van der Waals surface area contributed by atoms with E-state index in [0.29, 0.717) is 5.82 Å². The van der Waals surface area contributed by atoms with Crippen LogP contribution >= 0.6 is 11.8 Å². The van der Waals surface area contributed by atoms with Gasteiger partial charge >= 0.3 is 6.03 Å². The van der Waals surface area contributed by atoms with Crippen molar-refractivity contribution in [3.05, 3.63) is 18.3 Å². The van der Waals surface area contributed by atoms with Gasteiger partial charge in [0.1, 0.15) is 5.82 Å². The molecule has 0 saturated heterocycles. The van der Waals surface area contributed by atoms with E-state index in [1.807, 2.05) is 5.32 Å². The predicted octanol–water partition coefficient (Wildman–Crippen LogP) is 0.339. The molecule has 5 N–H and O–H groups in total. The number of primary amides is 1. The summed E-state index contributed by atoms with van der Waals surface area (Å²) in [4.78, 5) is 26.5. The number of imide groups is 1. The molecule has 0 saturated carbocycles. The van der Waals surface area contributed by atoms with Crippen LogP contribution in [-0.2, 0) is 4.79 Å². The molecular weight excluding hydrogens is 228 g/mol. The minimum atomic E-state index is -0.854. The Morgan fingerprint density at radius 1 is 1.50 bits per heavy atom. The summed E-state index contributed by atoms with van der Waals surface area (Å²) in [6.45, 7) is 1.67. The van der Waals surface area contributed by atoms with Crippen molar-refractivity contribution in [2.45, 2.75) is 17.1 Å². The SMILES string of the molecule is CC(Sc1ccc(N)nc1)C(=O)NC(N)=O. The molecule has 0 fully saturated rings. The molecule has 1 heterocycles. The van der Waals surface area contributed by atoms with E-state index in [2.05, 4.69) is 4.98 Å². The second kappa shape index (κ2) is 5.36. The molecular formula is C9H12N4O2S. The Balaban J connectivity index is 2.57. The Morgan fingerprint density at radius 3 is 2.69 bits per heavy atom. The minimum absolute atomic E-state index is 0.415. The van der Waals surface area contributed by atoms with Crippen molar-refractivity contribution in [1.29, 1.82) is 0 Å². The highest BCUT2D eigenvalue weighted by atomic mass is 32.2. The molecule has 0 aliphatic heterocycles. The van der Waals surface area contributed by atoms with Gasteiger partial charge in [-0.3, -0.25) is 10.1 Å². The van der Waals surface area contributed by atoms with E-state index in [9.17, 15) is 9.59 Å². The summed E-state index contributed by atoms with van der Waals surface area (Å²) in [5.41, 5.74) is 10.3. The number of pyridine rings is 1. The first kappa shape index (κ1) is 12.3. The fourth-order valence-corrected chi connectivity index (χ4v) is 1.78. The molecule has 7 heteroatoms. The number of hydrogen-bond donors (Lipinski definition) is 3. The number of amides is 3. The van der Waals surface area contributed by atoms with Crippen molar-refractivity contribution in [1.82, 2.24) is 10.3 Å². The Hall–Kier alpha value is -1.76. The summed E-state index contributed by atoms with van der Waals surface area (Å²) in [6, 6.07) is 2.54. The molecule has 0 aliphatic carbocycles. The first-order valence-electron chi connectivity index (χ1n) is 4.47. The van der Waals surface area contributed by atoms with Gasteiger partial charge in [-0.05, 0) is 19.1 Å². The zero-order valence-electron chi connectivity index (χ0n) is 8.64. The smallest absolute Gasteiger partial charge is 0.318 e. The highest BCUT2D eigenvalue weighted by Gasteiger charge is 2.15. The molecule has 0 aliphatic rings. The maximum absolute atomic E-state index is 11.3. The number of aromatic nitrogens is 1. The van der Waals surface area contributed by atoms with E-state index >= 15 is 0 Å². The van der Waals surface area contributed by atoms with E-state index in [4.69, 9.17) is 11.5 Å². The predicted molar refractivity (Wildman–Crippen MR) is 61.7 cm³/mol. The zero-order chi connectivity index (χ0) is 12.1. The fraction of sp³-hybridized carbons (Fsp3) is 0.222. The van der Waals surface area contributed by atoms with Crippen molar-refractivity contribution in [3.63, 3.8) is 0 Å². The standard InChI is InChI=1S/C9H12N4O2S/c1-5(8(14)13-9(11)15)16-6-2-3-7(10)12-4-6/h2-5H,1H3,(H2,10,12)(H3,11,13,14,15). The Kier molecular flexibility index (Phi) is 4.12. The summed E-state index contributed by atoms with van der Waals surface area (Å²) in [5, 5.41) is 1.58. The van der Waals surface area contributed by atoms with Gasteiger partial charge in [0.05, 0.1) is 5.25 Å². The summed E-state index contributed by atoms with van der Waals surface area (Å²) in [7, 11) is 0. The van der Waals surface area contributed by atoms with Gasteiger partial charge in [0.15, 0.2) is 0 Å². The third kappa shape index (κ3) is 3.77.